The van der Waals surface area contributed by atoms with Crippen molar-refractivity contribution in [3.8, 4) is 5.75 Å². The lowest BCUT2D eigenvalue weighted by Crippen LogP contribution is -1.86. The number of rotatable bonds is 0. The van der Waals surface area contributed by atoms with Crippen LogP contribution in [0.15, 0.2) is 47.9 Å². The highest BCUT2D eigenvalue weighted by atomic mass is 32.2. The maximum atomic E-state index is 5.50. The summed E-state index contributed by atoms with van der Waals surface area (Å²) in [5, 5.41) is 1.93. The third-order valence-corrected chi connectivity index (χ3v) is 2.37. The van der Waals surface area contributed by atoms with Crippen LogP contribution in [-0.2, 0) is 6.42 Å². The fourth-order valence-electron chi connectivity index (χ4n) is 1.18. The van der Waals surface area contributed by atoms with Gasteiger partial charge in [0.1, 0.15) is 5.75 Å². The summed E-state index contributed by atoms with van der Waals surface area (Å²) < 4.78 is 5.50. The van der Waals surface area contributed by atoms with Crippen molar-refractivity contribution in [2.75, 3.05) is 0 Å². The third-order valence-electron chi connectivity index (χ3n) is 1.83. The molecule has 0 unspecified atom stereocenters. The molecule has 1 heterocycles. The van der Waals surface area contributed by atoms with Gasteiger partial charge in [-0.3, -0.25) is 0 Å². The maximum absolute atomic E-state index is 5.50. The molecule has 0 spiro atoms. The van der Waals surface area contributed by atoms with Crippen molar-refractivity contribution >= 4 is 12.0 Å². The zero-order chi connectivity index (χ0) is 8.93. The lowest BCUT2D eigenvalue weighted by molar-refractivity contribution is 0.643. The largest absolute Gasteiger partial charge is 0.421 e. The van der Waals surface area contributed by atoms with Crippen molar-refractivity contribution in [2.24, 2.45) is 0 Å². The second-order valence-corrected chi connectivity index (χ2v) is 3.38. The summed E-state index contributed by atoms with van der Waals surface area (Å²) >= 11 is 1.35. The van der Waals surface area contributed by atoms with E-state index in [-0.39, 0.29) is 0 Å². The number of benzene rings is 1. The first-order chi connectivity index (χ1) is 6.47. The van der Waals surface area contributed by atoms with E-state index in [1.165, 1.54) is 17.6 Å². The van der Waals surface area contributed by atoms with Crippen molar-refractivity contribution < 1.29 is 4.18 Å². The number of para-hydroxylation sites is 1. The molecule has 0 N–H and O–H groups in total. The van der Waals surface area contributed by atoms with Gasteiger partial charge in [-0.05, 0) is 18.1 Å². The Balaban J connectivity index is 2.31. The zero-order valence-corrected chi connectivity index (χ0v) is 7.96. The smallest absolute Gasteiger partial charge is 0.141 e. The van der Waals surface area contributed by atoms with Gasteiger partial charge in [0.2, 0.25) is 0 Å². The molecule has 0 aromatic heterocycles. The summed E-state index contributed by atoms with van der Waals surface area (Å²) in [6.07, 6.45) is 7.08. The topological polar surface area (TPSA) is 9.23 Å². The number of allylic oxidation sites excluding steroid dienone is 3. The molecule has 1 aromatic rings. The van der Waals surface area contributed by atoms with Crippen LogP contribution in [0.5, 0.6) is 5.75 Å². The zero-order valence-electron chi connectivity index (χ0n) is 7.14. The van der Waals surface area contributed by atoms with E-state index < -0.39 is 0 Å². The van der Waals surface area contributed by atoms with E-state index in [4.69, 9.17) is 4.18 Å². The monoisotopic (exact) mass is 190 g/mol. The Morgan fingerprint density at radius 2 is 2.08 bits per heavy atom. The molecule has 0 atom stereocenters. The van der Waals surface area contributed by atoms with Gasteiger partial charge in [0, 0.05) is 5.41 Å². The fraction of sp³-hybridized carbons (Fsp3) is 0.0909. The Bertz CT molecular complexity index is 342. The van der Waals surface area contributed by atoms with Crippen molar-refractivity contribution in [3.05, 3.63) is 53.5 Å². The first-order valence-corrected chi connectivity index (χ1v) is 5.00. The Morgan fingerprint density at radius 1 is 1.15 bits per heavy atom. The van der Waals surface area contributed by atoms with Crippen molar-refractivity contribution in [1.82, 2.24) is 0 Å². The van der Waals surface area contributed by atoms with Gasteiger partial charge < -0.3 is 4.18 Å². The molecule has 0 aliphatic carbocycles. The Hall–Kier alpha value is -1.15. The van der Waals surface area contributed by atoms with Gasteiger partial charge in [-0.15, -0.1) is 0 Å². The quantitative estimate of drug-likeness (QED) is 0.580. The Morgan fingerprint density at radius 3 is 3.08 bits per heavy atom. The average molecular weight is 190 g/mol. The predicted octanol–water partition coefficient (Wildman–Crippen LogP) is 3.34. The van der Waals surface area contributed by atoms with Gasteiger partial charge in [-0.25, -0.2) is 0 Å². The van der Waals surface area contributed by atoms with Crippen LogP contribution in [0.3, 0.4) is 0 Å². The summed E-state index contributed by atoms with van der Waals surface area (Å²) in [6, 6.07) is 8.11. The standard InChI is InChI=1S/C11H10OS/c1-2-6-10-7-3-4-8-11(10)12-13-9-5-1/h1-5,7-9H,6H2/b2-1+,9-5-. The lowest BCUT2D eigenvalue weighted by Gasteiger charge is -2.05. The molecule has 1 aliphatic rings. The fourth-order valence-corrected chi connectivity index (χ4v) is 1.66. The summed E-state index contributed by atoms with van der Waals surface area (Å²) in [5.74, 6) is 0.962. The van der Waals surface area contributed by atoms with Gasteiger partial charge in [-0.1, -0.05) is 36.4 Å². The lowest BCUT2D eigenvalue weighted by atomic mass is 10.1. The van der Waals surface area contributed by atoms with E-state index in [1.807, 2.05) is 35.8 Å². The molecule has 2 heteroatoms. The summed E-state index contributed by atoms with van der Waals surface area (Å²) in [4.78, 5) is 0. The molecule has 1 aromatic carbocycles. The molecule has 0 bridgehead atoms. The average Bonchev–Trinajstić information content (AvgIpc) is 2.28. The van der Waals surface area contributed by atoms with E-state index in [0.29, 0.717) is 0 Å². The van der Waals surface area contributed by atoms with Gasteiger partial charge in [-0.2, -0.15) is 0 Å². The molecule has 0 saturated heterocycles. The van der Waals surface area contributed by atoms with E-state index in [0.717, 1.165) is 12.2 Å². The second kappa shape index (κ2) is 4.19. The van der Waals surface area contributed by atoms with Crippen molar-refractivity contribution in [3.63, 3.8) is 0 Å². The summed E-state index contributed by atoms with van der Waals surface area (Å²) in [6.45, 7) is 0. The highest BCUT2D eigenvalue weighted by Crippen LogP contribution is 2.24. The molecular formula is C11H10OS. The molecule has 0 fully saturated rings. The van der Waals surface area contributed by atoms with Gasteiger partial charge in [0.25, 0.3) is 0 Å². The van der Waals surface area contributed by atoms with Crippen LogP contribution in [0.4, 0.5) is 0 Å². The SMILES string of the molecule is C1=C\SOc2ccccc2C/C=C/1. The molecule has 2 rings (SSSR count). The minimum Gasteiger partial charge on any atom is -0.421 e. The Labute approximate surface area is 82.3 Å². The van der Waals surface area contributed by atoms with Crippen LogP contribution in [0.25, 0.3) is 0 Å². The number of hydrogen-bond acceptors (Lipinski definition) is 2. The molecule has 66 valence electrons. The highest BCUT2D eigenvalue weighted by Gasteiger charge is 2.01. The van der Waals surface area contributed by atoms with E-state index >= 15 is 0 Å². The van der Waals surface area contributed by atoms with Gasteiger partial charge in [0.15, 0.2) is 0 Å². The minimum absolute atomic E-state index is 0.932. The van der Waals surface area contributed by atoms with Gasteiger partial charge >= 0.3 is 0 Å². The van der Waals surface area contributed by atoms with Crippen LogP contribution in [0.2, 0.25) is 0 Å². The molecule has 0 amide bonds. The van der Waals surface area contributed by atoms with Crippen molar-refractivity contribution in [1.29, 1.82) is 0 Å². The first kappa shape index (κ1) is 8.45. The molecule has 1 nitrogen and oxygen atoms in total. The minimum atomic E-state index is 0.932. The molecule has 0 radical (unpaired) electrons. The summed E-state index contributed by atoms with van der Waals surface area (Å²) in [5.41, 5.74) is 1.23. The Kier molecular flexibility index (Phi) is 2.72. The highest BCUT2D eigenvalue weighted by molar-refractivity contribution is 7.97. The van der Waals surface area contributed by atoms with Crippen LogP contribution in [-0.4, -0.2) is 0 Å². The number of hydrogen-bond donors (Lipinski definition) is 0. The van der Waals surface area contributed by atoms with E-state index in [2.05, 4.69) is 12.1 Å². The van der Waals surface area contributed by atoms with Crippen LogP contribution in [0, 0.1) is 0 Å². The normalized spacial score (nSPS) is 20.0. The van der Waals surface area contributed by atoms with Crippen LogP contribution in [0.1, 0.15) is 5.56 Å². The molecule has 0 saturated carbocycles. The molecule has 13 heavy (non-hydrogen) atoms. The van der Waals surface area contributed by atoms with Crippen LogP contribution < -0.4 is 4.18 Å². The van der Waals surface area contributed by atoms with Gasteiger partial charge in [0.05, 0.1) is 12.0 Å². The van der Waals surface area contributed by atoms with E-state index in [9.17, 15) is 0 Å². The number of fused-ring (bicyclic) bond motifs is 1. The summed E-state index contributed by atoms with van der Waals surface area (Å²) in [7, 11) is 0. The third kappa shape index (κ3) is 2.16. The first-order valence-electron chi connectivity index (χ1n) is 4.20. The van der Waals surface area contributed by atoms with Crippen molar-refractivity contribution in [2.45, 2.75) is 6.42 Å². The molecular weight excluding hydrogens is 180 g/mol. The maximum Gasteiger partial charge on any atom is 0.141 e. The second-order valence-electron chi connectivity index (χ2n) is 2.75. The predicted molar refractivity (Wildman–Crippen MR) is 56.6 cm³/mol. The molecule has 1 aliphatic heterocycles. The van der Waals surface area contributed by atoms with Crippen LogP contribution >= 0.6 is 12.0 Å². The van der Waals surface area contributed by atoms with E-state index in [1.54, 1.807) is 0 Å².